The van der Waals surface area contributed by atoms with Crippen LogP contribution in [0.25, 0.3) is 0 Å². The molecule has 212 valence electrons. The molecule has 0 aromatic carbocycles. The van der Waals surface area contributed by atoms with E-state index in [4.69, 9.17) is 14.2 Å². The van der Waals surface area contributed by atoms with E-state index in [9.17, 15) is 19.6 Å². The molecule has 36 heavy (non-hydrogen) atoms. The monoisotopic (exact) mass is 551 g/mol. The highest BCUT2D eigenvalue weighted by molar-refractivity contribution is 7.99. The van der Waals surface area contributed by atoms with E-state index >= 15 is 0 Å². The average molecular weight is 552 g/mol. The zero-order valence-electron chi connectivity index (χ0n) is 22.9. The molecule has 0 radical (unpaired) electrons. The number of aliphatic hydroxyl groups is 1. The topological polar surface area (TPSA) is 102 Å². The molecular weight excluding hydrogens is 499 g/mol. The molecule has 1 saturated carbocycles. The fourth-order valence-corrected chi connectivity index (χ4v) is 5.83. The Hall–Kier alpha value is -0.240. The molecule has 0 heterocycles. The molecule has 0 aromatic heterocycles. The first-order valence-electron chi connectivity index (χ1n) is 14.2. The van der Waals surface area contributed by atoms with Gasteiger partial charge in [0.1, 0.15) is 0 Å². The summed E-state index contributed by atoms with van der Waals surface area (Å²) in [6.45, 7) is 6.17. The summed E-state index contributed by atoms with van der Waals surface area (Å²) in [5, 5.41) is 17.0. The zero-order chi connectivity index (χ0) is 26.7. The molecule has 0 saturated heterocycles. The van der Waals surface area contributed by atoms with Crippen LogP contribution in [-0.2, 0) is 23.6 Å². The van der Waals surface area contributed by atoms with Crippen molar-refractivity contribution in [3.8, 4) is 0 Å². The summed E-state index contributed by atoms with van der Waals surface area (Å²) < 4.78 is 28.7. The van der Waals surface area contributed by atoms with E-state index in [2.05, 4.69) is 18.7 Å². The fraction of sp³-hybridized carbons (Fsp3) is 0.963. The molecule has 5 atom stereocenters. The van der Waals surface area contributed by atoms with Crippen molar-refractivity contribution in [2.75, 3.05) is 18.1 Å². The van der Waals surface area contributed by atoms with Gasteiger partial charge in [-0.1, -0.05) is 69.8 Å². The number of carbonyl (C=O) groups is 1. The van der Waals surface area contributed by atoms with Gasteiger partial charge in [0.25, 0.3) is 0 Å². The van der Waals surface area contributed by atoms with Crippen LogP contribution in [0, 0.1) is 0 Å². The van der Waals surface area contributed by atoms with Gasteiger partial charge in [-0.2, -0.15) is 11.8 Å². The van der Waals surface area contributed by atoms with Crippen molar-refractivity contribution >= 4 is 26.2 Å². The number of hydrogen-bond donors (Lipinski definition) is 2. The van der Waals surface area contributed by atoms with Crippen molar-refractivity contribution in [1.29, 1.82) is 0 Å². The number of thioether (sulfide) groups is 1. The van der Waals surface area contributed by atoms with Crippen LogP contribution in [0.5, 0.6) is 0 Å². The van der Waals surface area contributed by atoms with Gasteiger partial charge in [0, 0.05) is 6.61 Å². The van der Waals surface area contributed by atoms with Crippen LogP contribution in [0.2, 0.25) is 0 Å². The maximum absolute atomic E-state index is 11.4. The first-order chi connectivity index (χ1) is 17.4. The lowest BCUT2D eigenvalue weighted by molar-refractivity contribution is -0.231. The highest BCUT2D eigenvalue weighted by Crippen LogP contribution is 2.29. The Bertz CT molecular complexity index is 576. The summed E-state index contributed by atoms with van der Waals surface area (Å²) in [5.74, 6) is 0.812. The Morgan fingerprint density at radius 1 is 1.03 bits per heavy atom. The van der Waals surface area contributed by atoms with Crippen molar-refractivity contribution in [3.05, 3.63) is 0 Å². The maximum Gasteiger partial charge on any atom is 0.407 e. The van der Waals surface area contributed by atoms with Crippen LogP contribution in [-0.4, -0.2) is 64.2 Å². The minimum Gasteiger partial charge on any atom is -0.476 e. The van der Waals surface area contributed by atoms with Crippen LogP contribution in [0.15, 0.2) is 0 Å². The SMILES string of the molecule is CCCOC(OC(C)CCCCCCCCSCCC(CC)OC1CCCCC1)C(O)([PH+]=O)C(=O)O. The highest BCUT2D eigenvalue weighted by atomic mass is 32.2. The summed E-state index contributed by atoms with van der Waals surface area (Å²) in [5.41, 5.74) is 0. The highest BCUT2D eigenvalue weighted by Gasteiger charge is 2.56. The molecule has 2 N–H and O–H groups in total. The molecule has 0 amide bonds. The van der Waals surface area contributed by atoms with Gasteiger partial charge in [0.15, 0.2) is 0 Å². The summed E-state index contributed by atoms with van der Waals surface area (Å²) in [7, 11) is -1.48. The van der Waals surface area contributed by atoms with Crippen molar-refractivity contribution in [2.24, 2.45) is 0 Å². The van der Waals surface area contributed by atoms with E-state index in [1.807, 2.05) is 13.8 Å². The fourth-order valence-electron chi connectivity index (χ4n) is 4.46. The van der Waals surface area contributed by atoms with Gasteiger partial charge < -0.3 is 24.4 Å². The van der Waals surface area contributed by atoms with Crippen molar-refractivity contribution in [3.63, 3.8) is 0 Å². The van der Waals surface area contributed by atoms with Crippen molar-refractivity contribution in [1.82, 2.24) is 0 Å². The van der Waals surface area contributed by atoms with E-state index in [1.54, 1.807) is 0 Å². The first-order valence-corrected chi connectivity index (χ1v) is 16.3. The number of carboxylic acids is 1. The average Bonchev–Trinajstić information content (AvgIpc) is 2.88. The molecule has 0 spiro atoms. The molecule has 1 aliphatic carbocycles. The number of hydrogen-bond acceptors (Lipinski definition) is 7. The third kappa shape index (κ3) is 14.1. The quantitative estimate of drug-likeness (QED) is 0.0801. The number of unbranched alkanes of at least 4 members (excludes halogenated alkanes) is 5. The lowest BCUT2D eigenvalue weighted by atomic mass is 9.97. The van der Waals surface area contributed by atoms with Crippen molar-refractivity contribution < 1.29 is 33.8 Å². The predicted molar refractivity (Wildman–Crippen MR) is 148 cm³/mol. The van der Waals surface area contributed by atoms with Gasteiger partial charge in [-0.3, -0.25) is 0 Å². The number of ether oxygens (including phenoxy) is 3. The summed E-state index contributed by atoms with van der Waals surface area (Å²) >= 11 is 2.06. The normalized spacial score (nSPS) is 19.1. The van der Waals surface area contributed by atoms with Crippen LogP contribution in [0.4, 0.5) is 0 Å². The molecule has 0 aliphatic heterocycles. The van der Waals surface area contributed by atoms with E-state index in [-0.39, 0.29) is 12.7 Å². The van der Waals surface area contributed by atoms with Crippen molar-refractivity contribution in [2.45, 2.75) is 147 Å². The molecule has 1 fully saturated rings. The summed E-state index contributed by atoms with van der Waals surface area (Å²) in [4.78, 5) is 11.4. The Morgan fingerprint density at radius 3 is 2.31 bits per heavy atom. The largest absolute Gasteiger partial charge is 0.476 e. The van der Waals surface area contributed by atoms with E-state index in [1.165, 1.54) is 75.7 Å². The number of aliphatic carboxylic acids is 1. The minimum atomic E-state index is -2.54. The standard InChI is InChI=1S/C27H51O7PS/c1-4-19-32-26(27(30,35-31)25(28)29)33-22(3)15-11-8-6-7-9-14-20-36-21-18-23(5-2)34-24-16-12-10-13-17-24/h22-24,26,30H,4-21H2,1-3H3,(H,28,29)/p+1. The molecule has 9 heteroatoms. The predicted octanol–water partition coefficient (Wildman–Crippen LogP) is 6.92. The second-order valence-electron chi connectivity index (χ2n) is 10.1. The lowest BCUT2D eigenvalue weighted by Gasteiger charge is -2.27. The maximum atomic E-state index is 11.4. The van der Waals surface area contributed by atoms with Crippen LogP contribution in [0.3, 0.4) is 0 Å². The van der Waals surface area contributed by atoms with Gasteiger partial charge >= 0.3 is 19.8 Å². The first kappa shape index (κ1) is 33.8. The summed E-state index contributed by atoms with van der Waals surface area (Å²) in [6.07, 6.45) is 16.3. The number of rotatable bonds is 23. The van der Waals surface area contributed by atoms with Gasteiger partial charge in [-0.05, 0) is 63.4 Å². The van der Waals surface area contributed by atoms with Gasteiger partial charge in [-0.15, -0.1) is 0 Å². The van der Waals surface area contributed by atoms with E-state index in [0.717, 1.165) is 25.7 Å². The smallest absolute Gasteiger partial charge is 0.407 e. The second-order valence-corrected chi connectivity index (χ2v) is 12.3. The molecule has 0 aromatic rings. The third-order valence-corrected chi connectivity index (χ3v) is 8.64. The Balaban J connectivity index is 2.07. The van der Waals surface area contributed by atoms with E-state index in [0.29, 0.717) is 18.6 Å². The zero-order valence-corrected chi connectivity index (χ0v) is 24.7. The molecule has 1 aliphatic rings. The molecule has 1 rings (SSSR count). The molecule has 5 unspecified atom stereocenters. The van der Waals surface area contributed by atoms with Gasteiger partial charge in [0.05, 0.1) is 18.3 Å². The van der Waals surface area contributed by atoms with Crippen LogP contribution < -0.4 is 0 Å². The Kier molecular flexibility index (Phi) is 19.4. The molecular formula is C27H52O7PS+. The van der Waals surface area contributed by atoms with E-state index < -0.39 is 26.1 Å². The Morgan fingerprint density at radius 2 is 1.69 bits per heavy atom. The third-order valence-electron chi connectivity index (χ3n) is 6.78. The van der Waals surface area contributed by atoms with Gasteiger partial charge in [0.2, 0.25) is 6.29 Å². The molecule has 0 bridgehead atoms. The molecule has 7 nitrogen and oxygen atoms in total. The second kappa shape index (κ2) is 20.7. The Labute approximate surface area is 225 Å². The lowest BCUT2D eigenvalue weighted by Crippen LogP contribution is -2.48. The van der Waals surface area contributed by atoms with Gasteiger partial charge in [-0.25, -0.2) is 4.79 Å². The minimum absolute atomic E-state index is 0.225. The number of carboxylic acid groups (broad SMARTS) is 1. The summed E-state index contributed by atoms with van der Waals surface area (Å²) in [6, 6.07) is 0. The van der Waals surface area contributed by atoms with Crippen LogP contribution >= 0.6 is 20.2 Å². The van der Waals surface area contributed by atoms with Crippen LogP contribution in [0.1, 0.15) is 117 Å².